The number of hydrogen-bond acceptors (Lipinski definition) is 3. The highest BCUT2D eigenvalue weighted by Gasteiger charge is 2.40. The van der Waals surface area contributed by atoms with Gasteiger partial charge in [-0.25, -0.2) is 0 Å². The third-order valence-corrected chi connectivity index (χ3v) is 6.76. The summed E-state index contributed by atoms with van der Waals surface area (Å²) in [5, 5.41) is 0. The molecule has 1 fully saturated rings. The molecule has 2 aromatic carbocycles. The summed E-state index contributed by atoms with van der Waals surface area (Å²) < 4.78 is 6.20. The molecule has 1 aliphatic heterocycles. The third-order valence-electron chi connectivity index (χ3n) is 6.76. The van der Waals surface area contributed by atoms with Crippen LogP contribution in [0.2, 0.25) is 0 Å². The zero-order chi connectivity index (χ0) is 23.0. The second-order valence-electron chi connectivity index (χ2n) is 9.50. The molecule has 3 rings (SSSR count). The van der Waals surface area contributed by atoms with Gasteiger partial charge in [-0.3, -0.25) is 9.59 Å². The number of Topliss-reactive ketones (excluding diaryl/α,β-unsaturated/α-hetero) is 1. The van der Waals surface area contributed by atoms with Gasteiger partial charge in [-0.05, 0) is 49.8 Å². The van der Waals surface area contributed by atoms with E-state index in [1.807, 2.05) is 24.3 Å². The molecule has 0 bridgehead atoms. The van der Waals surface area contributed by atoms with E-state index in [9.17, 15) is 9.59 Å². The highest BCUT2D eigenvalue weighted by Crippen LogP contribution is 2.28. The average molecular weight is 437 g/mol. The van der Waals surface area contributed by atoms with Crippen LogP contribution >= 0.6 is 0 Å². The first kappa shape index (κ1) is 24.2. The molecule has 2 aromatic rings. The summed E-state index contributed by atoms with van der Waals surface area (Å²) in [4.78, 5) is 26.1. The molecule has 4 heteroatoms. The van der Waals surface area contributed by atoms with E-state index < -0.39 is 0 Å². The summed E-state index contributed by atoms with van der Waals surface area (Å²) in [6.07, 6.45) is 4.16. The van der Waals surface area contributed by atoms with Crippen LogP contribution in [0.1, 0.15) is 54.9 Å². The fraction of sp³-hybridized carbons (Fsp3) is 0.500. The zero-order valence-electron chi connectivity index (χ0n) is 19.9. The standard InChI is InChI=1S/C28H38NO3/c1-4-5-17-32-28(31)25-15-10-16-29(20-25,19-24-13-7-6-8-14-24)21-26(30)18-27-22(2)11-9-12-23(27)3/h6-9,11-14,25H,4-5,10,15-21H2,1-3H3/q+1. The predicted octanol–water partition coefficient (Wildman–Crippen LogP) is 5.19. The molecule has 32 heavy (non-hydrogen) atoms. The van der Waals surface area contributed by atoms with Gasteiger partial charge in [0.05, 0.1) is 19.7 Å². The highest BCUT2D eigenvalue weighted by molar-refractivity contribution is 5.82. The van der Waals surface area contributed by atoms with Gasteiger partial charge >= 0.3 is 5.97 Å². The van der Waals surface area contributed by atoms with E-state index >= 15 is 0 Å². The van der Waals surface area contributed by atoms with E-state index in [1.54, 1.807) is 0 Å². The Hall–Kier alpha value is -2.46. The summed E-state index contributed by atoms with van der Waals surface area (Å²) in [6, 6.07) is 16.6. The van der Waals surface area contributed by atoms with Crippen LogP contribution in [0, 0.1) is 19.8 Å². The van der Waals surface area contributed by atoms with Crippen LogP contribution in [0.3, 0.4) is 0 Å². The Bertz CT molecular complexity index is 888. The fourth-order valence-corrected chi connectivity index (χ4v) is 5.02. The SMILES string of the molecule is CCCCOC(=O)C1CCC[N+](CC(=O)Cc2c(C)cccc2C)(Cc2ccccc2)C1. The van der Waals surface area contributed by atoms with E-state index in [2.05, 4.69) is 45.0 Å². The number of benzene rings is 2. The largest absolute Gasteiger partial charge is 0.465 e. The van der Waals surface area contributed by atoms with Crippen molar-refractivity contribution >= 4 is 11.8 Å². The topological polar surface area (TPSA) is 43.4 Å². The lowest BCUT2D eigenvalue weighted by molar-refractivity contribution is -0.940. The molecule has 4 nitrogen and oxygen atoms in total. The number of quaternary nitrogens is 1. The Morgan fingerprint density at radius 2 is 1.75 bits per heavy atom. The van der Waals surface area contributed by atoms with Gasteiger partial charge in [0.25, 0.3) is 0 Å². The molecular formula is C28H38NO3+. The number of likely N-dealkylation sites (tertiary alicyclic amines) is 1. The van der Waals surface area contributed by atoms with Crippen LogP contribution in [-0.4, -0.2) is 42.5 Å². The molecule has 0 aliphatic carbocycles. The molecule has 2 atom stereocenters. The van der Waals surface area contributed by atoms with E-state index in [-0.39, 0.29) is 17.7 Å². The average Bonchev–Trinajstić information content (AvgIpc) is 2.77. The number of piperidine rings is 1. The molecule has 1 aliphatic rings. The molecule has 1 saturated heterocycles. The Morgan fingerprint density at radius 3 is 2.44 bits per heavy atom. The van der Waals surface area contributed by atoms with Crippen molar-refractivity contribution in [3.63, 3.8) is 0 Å². The molecule has 1 heterocycles. The number of nitrogens with zero attached hydrogens (tertiary/aromatic N) is 1. The highest BCUT2D eigenvalue weighted by atomic mass is 16.5. The van der Waals surface area contributed by atoms with Gasteiger partial charge in [-0.1, -0.05) is 61.9 Å². The first-order valence-electron chi connectivity index (χ1n) is 12.0. The quantitative estimate of drug-likeness (QED) is 0.293. The number of ether oxygens (including phenoxy) is 1. The number of hydrogen-bond donors (Lipinski definition) is 0. The van der Waals surface area contributed by atoms with Crippen LogP contribution in [0.5, 0.6) is 0 Å². The molecule has 0 N–H and O–H groups in total. The maximum absolute atomic E-state index is 13.3. The van der Waals surface area contributed by atoms with Crippen molar-refractivity contribution in [2.45, 2.75) is 59.4 Å². The maximum Gasteiger partial charge on any atom is 0.314 e. The minimum Gasteiger partial charge on any atom is -0.465 e. The van der Waals surface area contributed by atoms with Crippen molar-refractivity contribution in [1.29, 1.82) is 0 Å². The van der Waals surface area contributed by atoms with Gasteiger partial charge in [0.15, 0.2) is 5.78 Å². The van der Waals surface area contributed by atoms with Crippen molar-refractivity contribution in [2.75, 3.05) is 26.2 Å². The summed E-state index contributed by atoms with van der Waals surface area (Å²) >= 11 is 0. The van der Waals surface area contributed by atoms with Gasteiger partial charge < -0.3 is 9.22 Å². The Labute approximate surface area is 193 Å². The summed E-state index contributed by atoms with van der Waals surface area (Å²) in [7, 11) is 0. The molecule has 172 valence electrons. The van der Waals surface area contributed by atoms with E-state index in [0.717, 1.165) is 44.3 Å². The molecule has 0 aromatic heterocycles. The number of esters is 1. The second-order valence-corrected chi connectivity index (χ2v) is 9.50. The molecular weight excluding hydrogens is 398 g/mol. The van der Waals surface area contributed by atoms with Gasteiger partial charge in [0.1, 0.15) is 19.0 Å². The van der Waals surface area contributed by atoms with E-state index in [0.29, 0.717) is 30.6 Å². The fourth-order valence-electron chi connectivity index (χ4n) is 5.02. The normalized spacial score (nSPS) is 20.7. The van der Waals surface area contributed by atoms with Crippen LogP contribution < -0.4 is 0 Å². The molecule has 0 amide bonds. The minimum absolute atomic E-state index is 0.0871. The van der Waals surface area contributed by atoms with Crippen LogP contribution in [0.15, 0.2) is 48.5 Å². The number of ketones is 1. The monoisotopic (exact) mass is 436 g/mol. The van der Waals surface area contributed by atoms with Gasteiger partial charge in [0, 0.05) is 12.0 Å². The summed E-state index contributed by atoms with van der Waals surface area (Å²) in [6.45, 7) is 9.58. The minimum atomic E-state index is -0.127. The van der Waals surface area contributed by atoms with Crippen molar-refractivity contribution < 1.29 is 18.8 Å². The number of rotatable bonds is 10. The van der Waals surface area contributed by atoms with Gasteiger partial charge in [-0.2, -0.15) is 0 Å². The first-order valence-corrected chi connectivity index (χ1v) is 12.0. The van der Waals surface area contributed by atoms with Gasteiger partial charge in [-0.15, -0.1) is 0 Å². The Kier molecular flexibility index (Phi) is 8.63. The second kappa shape index (κ2) is 11.4. The number of carbonyl (C=O) groups is 2. The molecule has 2 unspecified atom stereocenters. The van der Waals surface area contributed by atoms with Crippen molar-refractivity contribution in [3.05, 3.63) is 70.8 Å². The Morgan fingerprint density at radius 1 is 1.03 bits per heavy atom. The van der Waals surface area contributed by atoms with Crippen LogP contribution in [0.25, 0.3) is 0 Å². The number of unbranched alkanes of at least 4 members (excludes halogenated alkanes) is 1. The predicted molar refractivity (Wildman–Crippen MR) is 128 cm³/mol. The number of carbonyl (C=O) groups excluding carboxylic acids is 2. The lowest BCUT2D eigenvalue weighted by atomic mass is 9.93. The lowest BCUT2D eigenvalue weighted by Crippen LogP contribution is -2.57. The Balaban J connectivity index is 1.78. The van der Waals surface area contributed by atoms with Crippen LogP contribution in [-0.2, 0) is 27.3 Å². The smallest absolute Gasteiger partial charge is 0.314 e. The third kappa shape index (κ3) is 6.52. The first-order chi connectivity index (χ1) is 15.4. The molecule has 0 saturated carbocycles. The molecule has 0 spiro atoms. The van der Waals surface area contributed by atoms with Crippen molar-refractivity contribution in [2.24, 2.45) is 5.92 Å². The summed E-state index contributed by atoms with van der Waals surface area (Å²) in [5.41, 5.74) is 4.70. The van der Waals surface area contributed by atoms with Crippen molar-refractivity contribution in [1.82, 2.24) is 0 Å². The number of aryl methyl sites for hydroxylation is 2. The van der Waals surface area contributed by atoms with E-state index in [4.69, 9.17) is 4.74 Å². The van der Waals surface area contributed by atoms with Gasteiger partial charge in [0.2, 0.25) is 0 Å². The van der Waals surface area contributed by atoms with Crippen molar-refractivity contribution in [3.8, 4) is 0 Å². The summed E-state index contributed by atoms with van der Waals surface area (Å²) in [5.74, 6) is 0.0338. The maximum atomic E-state index is 13.3. The van der Waals surface area contributed by atoms with E-state index in [1.165, 1.54) is 16.7 Å². The lowest BCUT2D eigenvalue weighted by Gasteiger charge is -2.43. The zero-order valence-corrected chi connectivity index (χ0v) is 19.9. The molecule has 0 radical (unpaired) electrons. The van der Waals surface area contributed by atoms with Crippen LogP contribution in [0.4, 0.5) is 0 Å².